The van der Waals surface area contributed by atoms with E-state index in [0.717, 1.165) is 0 Å². The molecule has 116 valence electrons. The molecule has 0 amide bonds. The van der Waals surface area contributed by atoms with Gasteiger partial charge >= 0.3 is 11.9 Å². The smallest absolute Gasteiger partial charge is 0.303 e. The number of carboxylic acid groups (broad SMARTS) is 2. The Hall–Kier alpha value is -0.0862. The maximum atomic E-state index is 10.5. The lowest BCUT2D eigenvalue weighted by molar-refractivity contribution is -0.137. The largest absolute Gasteiger partial charge is 0.481 e. The number of carbonyl (C=O) groups is 2. The molecule has 19 heavy (non-hydrogen) atoms. The highest BCUT2D eigenvalue weighted by Crippen LogP contribution is 2.23. The van der Waals surface area contributed by atoms with Gasteiger partial charge in [-0.3, -0.25) is 9.59 Å². The van der Waals surface area contributed by atoms with Crippen LogP contribution in [0.5, 0.6) is 0 Å². The summed E-state index contributed by atoms with van der Waals surface area (Å²) in [6.07, 6.45) is 0.255. The third-order valence-corrected chi connectivity index (χ3v) is 9.76. The van der Waals surface area contributed by atoms with E-state index in [1.54, 1.807) is 0 Å². The molecule has 0 heterocycles. The predicted octanol–water partition coefficient (Wildman–Crippen LogP) is 3.21. The van der Waals surface area contributed by atoms with Crippen molar-refractivity contribution >= 4 is 53.4 Å². The molecule has 0 fully saturated rings. The molecule has 0 spiro atoms. The fourth-order valence-electron chi connectivity index (χ4n) is 1.67. The molecule has 0 saturated heterocycles. The van der Waals surface area contributed by atoms with E-state index in [1.807, 2.05) is 26.2 Å². The summed E-state index contributed by atoms with van der Waals surface area (Å²) >= 11 is 0. The third kappa shape index (κ3) is 14.1. The van der Waals surface area contributed by atoms with E-state index < -0.39 is 28.6 Å². The van der Waals surface area contributed by atoms with E-state index in [1.165, 1.54) is 0 Å². The maximum Gasteiger partial charge on any atom is 0.303 e. The number of aliphatic carboxylic acids is 2. The zero-order valence-corrected chi connectivity index (χ0v) is 15.4. The highest BCUT2D eigenvalue weighted by Gasteiger charge is 2.33. The number of hydrogen-bond acceptors (Lipinski definition) is 3. The van der Waals surface area contributed by atoms with Crippen molar-refractivity contribution in [1.29, 1.82) is 0 Å². The van der Waals surface area contributed by atoms with Gasteiger partial charge in [0, 0.05) is 12.8 Å². The topological polar surface area (TPSA) is 83.8 Å². The molecule has 0 unspecified atom stereocenters. The van der Waals surface area contributed by atoms with E-state index in [4.69, 9.17) is 14.3 Å². The summed E-state index contributed by atoms with van der Waals surface area (Å²) < 4.78 is 6.08. The third-order valence-electron chi connectivity index (χ3n) is 2.43. The van der Waals surface area contributed by atoms with Crippen molar-refractivity contribution in [1.82, 2.24) is 0 Å². The Bertz CT molecular complexity index is 270. The summed E-state index contributed by atoms with van der Waals surface area (Å²) in [7, 11) is -3.97. The van der Waals surface area contributed by atoms with Crippen molar-refractivity contribution < 1.29 is 23.9 Å². The van der Waals surface area contributed by atoms with Gasteiger partial charge in [0.05, 0.1) is 0 Å². The normalized spacial score (nSPS) is 11.2. The van der Waals surface area contributed by atoms with Crippen molar-refractivity contribution in [2.24, 2.45) is 0 Å². The lowest BCUT2D eigenvalue weighted by Crippen LogP contribution is -2.44. The maximum absolute atomic E-state index is 10.5. The quantitative estimate of drug-likeness (QED) is 0.656. The molecule has 9 heteroatoms. The van der Waals surface area contributed by atoms with Crippen LogP contribution >= 0.6 is 24.8 Å². The predicted molar refractivity (Wildman–Crippen MR) is 84.7 cm³/mol. The van der Waals surface area contributed by atoms with E-state index in [-0.39, 0.29) is 37.7 Å². The minimum Gasteiger partial charge on any atom is -0.481 e. The van der Waals surface area contributed by atoms with Gasteiger partial charge in [-0.05, 0) is 38.3 Å². The van der Waals surface area contributed by atoms with Crippen LogP contribution in [0.2, 0.25) is 38.3 Å². The zero-order chi connectivity index (χ0) is 13.7. The molecular formula is C10H24Cl2O5Si2. The van der Waals surface area contributed by atoms with Crippen molar-refractivity contribution in [2.75, 3.05) is 0 Å². The highest BCUT2D eigenvalue weighted by molar-refractivity contribution is 6.85. The first-order valence-corrected chi connectivity index (χ1v) is 11.9. The molecule has 0 rings (SSSR count). The van der Waals surface area contributed by atoms with Crippen molar-refractivity contribution in [3.8, 4) is 0 Å². The lowest BCUT2D eigenvalue weighted by atomic mass is 10.5. The van der Waals surface area contributed by atoms with Gasteiger partial charge in [0.2, 0.25) is 0 Å². The van der Waals surface area contributed by atoms with Gasteiger partial charge in [-0.1, -0.05) is 0 Å². The number of hydrogen-bond donors (Lipinski definition) is 2. The summed E-state index contributed by atoms with van der Waals surface area (Å²) in [4.78, 5) is 21.1. The second-order valence-corrected chi connectivity index (χ2v) is 14.3. The molecule has 0 bridgehead atoms. The standard InChI is InChI=1S/C10H22O5Si2.2ClH/c1-16(2,7-5-9(11)12)15-17(3,4)8-6-10(13)14;;/h5-8H2,1-4H3,(H,11,12)(H,13,14);2*1H. The Labute approximate surface area is 128 Å². The van der Waals surface area contributed by atoms with Gasteiger partial charge in [0.25, 0.3) is 0 Å². The van der Waals surface area contributed by atoms with Gasteiger partial charge in [0.15, 0.2) is 16.6 Å². The molecule has 0 aromatic carbocycles. The molecule has 0 saturated carbocycles. The SMILES string of the molecule is C[Si](C)(CCC(=O)O)O[Si](C)(C)CCC(=O)O.Cl.Cl. The molecule has 5 nitrogen and oxygen atoms in total. The van der Waals surface area contributed by atoms with Crippen LogP contribution in [0, 0.1) is 0 Å². The van der Waals surface area contributed by atoms with Crippen molar-refractivity contribution in [3.63, 3.8) is 0 Å². The van der Waals surface area contributed by atoms with Crippen molar-refractivity contribution in [3.05, 3.63) is 0 Å². The molecule has 0 aromatic heterocycles. The molecular weight excluding hydrogens is 327 g/mol. The van der Waals surface area contributed by atoms with Gasteiger partial charge in [-0.2, -0.15) is 0 Å². The summed E-state index contributed by atoms with van der Waals surface area (Å²) in [5.41, 5.74) is 0. The fourth-order valence-corrected chi connectivity index (χ4v) is 10.1. The number of halogens is 2. The molecule has 0 aliphatic heterocycles. The van der Waals surface area contributed by atoms with E-state index >= 15 is 0 Å². The summed E-state index contributed by atoms with van der Waals surface area (Å²) in [6, 6.07) is 1.15. The van der Waals surface area contributed by atoms with Crippen LogP contribution in [0.3, 0.4) is 0 Å². The Kier molecular flexibility index (Phi) is 12.3. The second kappa shape index (κ2) is 9.76. The monoisotopic (exact) mass is 350 g/mol. The number of rotatable bonds is 8. The first kappa shape index (κ1) is 24.0. The Morgan fingerprint density at radius 2 is 1.11 bits per heavy atom. The minimum absolute atomic E-state index is 0. The van der Waals surface area contributed by atoms with Crippen LogP contribution in [0.4, 0.5) is 0 Å². The second-order valence-electron chi connectivity index (χ2n) is 5.41. The van der Waals surface area contributed by atoms with Crippen LogP contribution in [0.1, 0.15) is 12.8 Å². The highest BCUT2D eigenvalue weighted by atomic mass is 35.5. The molecule has 0 aromatic rings. The van der Waals surface area contributed by atoms with Crippen LogP contribution in [-0.4, -0.2) is 38.8 Å². The average Bonchev–Trinajstić information content (AvgIpc) is 2.10. The Morgan fingerprint density at radius 1 is 0.842 bits per heavy atom. The van der Waals surface area contributed by atoms with Crippen LogP contribution in [0.15, 0.2) is 0 Å². The average molecular weight is 351 g/mol. The van der Waals surface area contributed by atoms with Gasteiger partial charge < -0.3 is 14.3 Å². The molecule has 0 aliphatic rings. The van der Waals surface area contributed by atoms with Gasteiger partial charge in [0.1, 0.15) is 0 Å². The summed E-state index contributed by atoms with van der Waals surface area (Å²) in [5, 5.41) is 17.3. The minimum atomic E-state index is -1.99. The van der Waals surface area contributed by atoms with E-state index in [9.17, 15) is 9.59 Å². The zero-order valence-electron chi connectivity index (χ0n) is 11.8. The first-order valence-electron chi connectivity index (χ1n) is 5.68. The Morgan fingerprint density at radius 3 is 1.32 bits per heavy atom. The first-order chi connectivity index (χ1) is 7.54. The van der Waals surface area contributed by atoms with Gasteiger partial charge in [-0.25, -0.2) is 0 Å². The summed E-state index contributed by atoms with van der Waals surface area (Å²) in [6.45, 7) is 7.97. The van der Waals surface area contributed by atoms with Crippen LogP contribution in [-0.2, 0) is 13.7 Å². The molecule has 2 N–H and O–H groups in total. The van der Waals surface area contributed by atoms with Crippen LogP contribution < -0.4 is 0 Å². The fraction of sp³-hybridized carbons (Fsp3) is 0.800. The molecule has 0 aliphatic carbocycles. The van der Waals surface area contributed by atoms with Crippen LogP contribution in [0.25, 0.3) is 0 Å². The summed E-state index contributed by atoms with van der Waals surface area (Å²) in [5.74, 6) is -1.61. The Balaban J connectivity index is -0.00000128. The van der Waals surface area contributed by atoms with Crippen molar-refractivity contribution in [2.45, 2.75) is 51.1 Å². The van der Waals surface area contributed by atoms with E-state index in [0.29, 0.717) is 12.1 Å². The molecule has 0 radical (unpaired) electrons. The van der Waals surface area contributed by atoms with Gasteiger partial charge in [-0.15, -0.1) is 24.8 Å². The molecule has 0 atom stereocenters. The van der Waals surface area contributed by atoms with E-state index in [2.05, 4.69) is 0 Å². The lowest BCUT2D eigenvalue weighted by Gasteiger charge is -2.33. The number of carboxylic acids is 2.